The van der Waals surface area contributed by atoms with Crippen molar-refractivity contribution in [1.82, 2.24) is 0 Å². The van der Waals surface area contributed by atoms with E-state index in [-0.39, 0.29) is 0 Å². The molecule has 0 aliphatic carbocycles. The van der Waals surface area contributed by atoms with Crippen LogP contribution in [0.25, 0.3) is 0 Å². The molecule has 2 atom stereocenters. The first kappa shape index (κ1) is 8.96. The lowest BCUT2D eigenvalue weighted by atomic mass is 9.91. The van der Waals surface area contributed by atoms with Crippen LogP contribution in [-0.2, 0) is 0 Å². The minimum Gasteiger partial charge on any atom is -0.327 e. The Morgan fingerprint density at radius 1 is 1.22 bits per heavy atom. The number of hydrogen-bond acceptors (Lipinski definition) is 1. The molecule has 0 aliphatic heterocycles. The van der Waals surface area contributed by atoms with Gasteiger partial charge in [-0.2, -0.15) is 0 Å². The topological polar surface area (TPSA) is 26.0 Å². The minimum absolute atomic E-state index is 0.384. The molecule has 1 heteroatoms. The lowest BCUT2D eigenvalue weighted by Gasteiger charge is -2.21. The monoisotopic (exact) mass is 129 g/mol. The van der Waals surface area contributed by atoms with Crippen molar-refractivity contribution in [1.29, 1.82) is 0 Å². The van der Waals surface area contributed by atoms with E-state index in [4.69, 9.17) is 5.73 Å². The molecule has 0 saturated heterocycles. The summed E-state index contributed by atoms with van der Waals surface area (Å²) >= 11 is 0. The molecule has 0 rings (SSSR count). The van der Waals surface area contributed by atoms with Crippen LogP contribution in [0.5, 0.6) is 0 Å². The van der Waals surface area contributed by atoms with Crippen LogP contribution < -0.4 is 5.73 Å². The Morgan fingerprint density at radius 2 is 1.67 bits per heavy atom. The molecule has 0 fully saturated rings. The summed E-state index contributed by atoms with van der Waals surface area (Å²) in [5.41, 5.74) is 5.87. The van der Waals surface area contributed by atoms with E-state index in [1.165, 1.54) is 6.42 Å². The zero-order valence-corrected chi connectivity index (χ0v) is 7.02. The van der Waals surface area contributed by atoms with E-state index in [0.717, 1.165) is 0 Å². The van der Waals surface area contributed by atoms with Crippen molar-refractivity contribution < 1.29 is 0 Å². The van der Waals surface area contributed by atoms with Crippen molar-refractivity contribution in [3.8, 4) is 0 Å². The van der Waals surface area contributed by atoms with E-state index in [1.54, 1.807) is 0 Å². The van der Waals surface area contributed by atoms with Gasteiger partial charge in [0.25, 0.3) is 0 Å². The van der Waals surface area contributed by atoms with Crippen molar-refractivity contribution in [3.63, 3.8) is 0 Å². The molecule has 0 aromatic carbocycles. The van der Waals surface area contributed by atoms with Crippen LogP contribution in [0.1, 0.15) is 34.1 Å². The van der Waals surface area contributed by atoms with Gasteiger partial charge in [0.05, 0.1) is 0 Å². The Hall–Kier alpha value is -0.0400. The quantitative estimate of drug-likeness (QED) is 0.620. The smallest absolute Gasteiger partial charge is 0.00876 e. The van der Waals surface area contributed by atoms with E-state index in [1.807, 2.05) is 0 Å². The van der Waals surface area contributed by atoms with Crippen LogP contribution in [0.4, 0.5) is 0 Å². The van der Waals surface area contributed by atoms with E-state index in [2.05, 4.69) is 27.7 Å². The van der Waals surface area contributed by atoms with Crippen molar-refractivity contribution in [2.45, 2.75) is 40.2 Å². The zero-order chi connectivity index (χ0) is 7.44. The fourth-order valence-corrected chi connectivity index (χ4v) is 0.929. The first-order valence-corrected chi connectivity index (χ1v) is 3.85. The maximum absolute atomic E-state index is 5.87. The highest BCUT2D eigenvalue weighted by molar-refractivity contribution is 4.70. The second-order valence-corrected chi connectivity index (χ2v) is 3.21. The highest BCUT2D eigenvalue weighted by Crippen LogP contribution is 2.12. The van der Waals surface area contributed by atoms with Gasteiger partial charge < -0.3 is 5.73 Å². The molecule has 1 unspecified atom stereocenters. The van der Waals surface area contributed by atoms with E-state index in [0.29, 0.717) is 17.9 Å². The van der Waals surface area contributed by atoms with Crippen molar-refractivity contribution in [2.75, 3.05) is 0 Å². The standard InChI is InChI=1S/C8H19N/c1-5-7(4)8(9)6(2)3/h6-8H,5,9H2,1-4H3/t7?,8-/m1/s1. The van der Waals surface area contributed by atoms with Gasteiger partial charge in [0.1, 0.15) is 0 Å². The molecule has 0 radical (unpaired) electrons. The number of hydrogen-bond donors (Lipinski definition) is 1. The third-order valence-electron chi connectivity index (χ3n) is 2.07. The number of nitrogens with two attached hydrogens (primary N) is 1. The summed E-state index contributed by atoms with van der Waals surface area (Å²) in [5, 5.41) is 0. The van der Waals surface area contributed by atoms with Gasteiger partial charge in [-0.05, 0) is 11.8 Å². The Labute approximate surface area is 58.6 Å². The molecular weight excluding hydrogens is 110 g/mol. The molecule has 0 heterocycles. The molecule has 0 saturated carbocycles. The first-order valence-electron chi connectivity index (χ1n) is 3.85. The van der Waals surface area contributed by atoms with Gasteiger partial charge in [0.2, 0.25) is 0 Å². The van der Waals surface area contributed by atoms with Crippen LogP contribution in [0.3, 0.4) is 0 Å². The van der Waals surface area contributed by atoms with Crippen LogP contribution in [-0.4, -0.2) is 6.04 Å². The summed E-state index contributed by atoms with van der Waals surface area (Å²) in [6.07, 6.45) is 1.19. The van der Waals surface area contributed by atoms with Gasteiger partial charge in [-0.15, -0.1) is 0 Å². The van der Waals surface area contributed by atoms with Crippen LogP contribution >= 0.6 is 0 Å². The van der Waals surface area contributed by atoms with Gasteiger partial charge >= 0.3 is 0 Å². The molecule has 56 valence electrons. The van der Waals surface area contributed by atoms with E-state index >= 15 is 0 Å². The Balaban J connectivity index is 3.58. The largest absolute Gasteiger partial charge is 0.327 e. The average Bonchev–Trinajstić information content (AvgIpc) is 1.84. The predicted molar refractivity (Wildman–Crippen MR) is 42.3 cm³/mol. The van der Waals surface area contributed by atoms with Crippen LogP contribution in [0.2, 0.25) is 0 Å². The third kappa shape index (κ3) is 2.85. The second kappa shape index (κ2) is 3.89. The van der Waals surface area contributed by atoms with Crippen molar-refractivity contribution in [3.05, 3.63) is 0 Å². The summed E-state index contributed by atoms with van der Waals surface area (Å²) in [7, 11) is 0. The maximum Gasteiger partial charge on any atom is 0.00876 e. The first-order chi connectivity index (χ1) is 4.09. The summed E-state index contributed by atoms with van der Waals surface area (Å²) in [6, 6.07) is 0.384. The minimum atomic E-state index is 0.384. The van der Waals surface area contributed by atoms with Gasteiger partial charge in [-0.1, -0.05) is 34.1 Å². The lowest BCUT2D eigenvalue weighted by Crippen LogP contribution is -2.32. The molecule has 0 aliphatic rings. The molecule has 9 heavy (non-hydrogen) atoms. The third-order valence-corrected chi connectivity index (χ3v) is 2.07. The molecule has 1 nitrogen and oxygen atoms in total. The van der Waals surface area contributed by atoms with Crippen molar-refractivity contribution >= 4 is 0 Å². The molecule has 2 N–H and O–H groups in total. The van der Waals surface area contributed by atoms with Crippen LogP contribution in [0, 0.1) is 11.8 Å². The second-order valence-electron chi connectivity index (χ2n) is 3.21. The summed E-state index contributed by atoms with van der Waals surface area (Å²) in [6.45, 7) is 8.76. The van der Waals surface area contributed by atoms with Gasteiger partial charge in [0, 0.05) is 6.04 Å². The van der Waals surface area contributed by atoms with Crippen LogP contribution in [0.15, 0.2) is 0 Å². The fraction of sp³-hybridized carbons (Fsp3) is 1.00. The van der Waals surface area contributed by atoms with E-state index in [9.17, 15) is 0 Å². The SMILES string of the molecule is CCC(C)[C@H](N)C(C)C. The highest BCUT2D eigenvalue weighted by Gasteiger charge is 2.13. The van der Waals surface area contributed by atoms with E-state index < -0.39 is 0 Å². The molecular formula is C8H19N. The number of rotatable bonds is 3. The lowest BCUT2D eigenvalue weighted by molar-refractivity contribution is 0.356. The summed E-state index contributed by atoms with van der Waals surface area (Å²) in [5.74, 6) is 1.30. The molecule has 0 bridgehead atoms. The van der Waals surface area contributed by atoms with Gasteiger partial charge in [0.15, 0.2) is 0 Å². The molecule has 0 amide bonds. The Bertz CT molecular complexity index is 69.0. The van der Waals surface area contributed by atoms with Crippen molar-refractivity contribution in [2.24, 2.45) is 17.6 Å². The maximum atomic E-state index is 5.87. The molecule has 0 spiro atoms. The molecule has 0 aromatic heterocycles. The normalized spacial score (nSPS) is 18.0. The van der Waals surface area contributed by atoms with Gasteiger partial charge in [-0.3, -0.25) is 0 Å². The Morgan fingerprint density at radius 3 is 1.78 bits per heavy atom. The Kier molecular flexibility index (Phi) is 3.87. The van der Waals surface area contributed by atoms with Gasteiger partial charge in [-0.25, -0.2) is 0 Å². The predicted octanol–water partition coefficient (Wildman–Crippen LogP) is 2.02. The average molecular weight is 129 g/mol. The highest BCUT2D eigenvalue weighted by atomic mass is 14.7. The fourth-order valence-electron chi connectivity index (χ4n) is 0.929. The zero-order valence-electron chi connectivity index (χ0n) is 7.02. The summed E-state index contributed by atoms with van der Waals surface area (Å²) in [4.78, 5) is 0. The molecule has 0 aromatic rings. The summed E-state index contributed by atoms with van der Waals surface area (Å²) < 4.78 is 0.